The van der Waals surface area contributed by atoms with E-state index in [9.17, 15) is 29.4 Å². The Labute approximate surface area is 183 Å². The fourth-order valence-electron chi connectivity index (χ4n) is 2.94. The molecule has 0 aliphatic rings. The van der Waals surface area contributed by atoms with Crippen molar-refractivity contribution >= 4 is 34.6 Å². The summed E-state index contributed by atoms with van der Waals surface area (Å²) in [6, 6.07) is 3.32. The van der Waals surface area contributed by atoms with E-state index >= 15 is 0 Å². The number of hydrogen-bond donors (Lipinski definition) is 8. The van der Waals surface area contributed by atoms with Crippen LogP contribution in [0.15, 0.2) is 30.5 Å². The number of nitrogens with one attached hydrogen (secondary N) is 4. The maximum absolute atomic E-state index is 12.7. The van der Waals surface area contributed by atoms with Crippen molar-refractivity contribution in [3.05, 3.63) is 36.0 Å². The first-order valence-corrected chi connectivity index (χ1v) is 9.83. The van der Waals surface area contributed by atoms with Crippen LogP contribution in [0.5, 0.6) is 0 Å². The van der Waals surface area contributed by atoms with E-state index in [1.165, 1.54) is 6.92 Å². The lowest BCUT2D eigenvalue weighted by atomic mass is 10.0. The number of nitrogens with two attached hydrogens (primary N) is 1. The third kappa shape index (κ3) is 6.51. The van der Waals surface area contributed by atoms with E-state index < -0.39 is 61.1 Å². The summed E-state index contributed by atoms with van der Waals surface area (Å²) in [5.41, 5.74) is 7.00. The Bertz CT molecular complexity index is 974. The molecule has 1 aromatic carbocycles. The summed E-state index contributed by atoms with van der Waals surface area (Å²) >= 11 is 0. The van der Waals surface area contributed by atoms with E-state index in [2.05, 4.69) is 20.9 Å². The van der Waals surface area contributed by atoms with Crippen LogP contribution in [0, 0.1) is 0 Å². The molecule has 1 heterocycles. The first-order valence-electron chi connectivity index (χ1n) is 9.83. The third-order valence-electron chi connectivity index (χ3n) is 4.79. The number of amides is 3. The normalized spacial score (nSPS) is 14.8. The molecule has 1 aromatic heterocycles. The number of carboxylic acids is 1. The SMILES string of the molecule is CC(O)C(N)C(=O)NCC(=O)NC(Cc1c[nH]c2ccccc12)C(=O)NC(CO)C(=O)O. The Balaban J connectivity index is 2.14. The molecule has 4 unspecified atom stereocenters. The lowest BCUT2D eigenvalue weighted by molar-refractivity contribution is -0.143. The summed E-state index contributed by atoms with van der Waals surface area (Å²) in [5.74, 6) is -3.74. The summed E-state index contributed by atoms with van der Waals surface area (Å²) in [4.78, 5) is 51.1. The molecular formula is C20H27N5O7. The van der Waals surface area contributed by atoms with Crippen molar-refractivity contribution in [3.63, 3.8) is 0 Å². The predicted molar refractivity (Wildman–Crippen MR) is 113 cm³/mol. The van der Waals surface area contributed by atoms with E-state index in [0.717, 1.165) is 10.9 Å². The number of carboxylic acid groups (broad SMARTS) is 1. The van der Waals surface area contributed by atoms with E-state index in [1.54, 1.807) is 12.3 Å². The van der Waals surface area contributed by atoms with E-state index in [0.29, 0.717) is 5.56 Å². The molecule has 174 valence electrons. The van der Waals surface area contributed by atoms with E-state index in [1.807, 2.05) is 18.2 Å². The highest BCUT2D eigenvalue weighted by molar-refractivity contribution is 5.93. The van der Waals surface area contributed by atoms with E-state index in [4.69, 9.17) is 10.8 Å². The molecule has 9 N–H and O–H groups in total. The Kier molecular flexibility index (Phi) is 8.70. The van der Waals surface area contributed by atoms with Gasteiger partial charge in [0.05, 0.1) is 19.3 Å². The fourth-order valence-corrected chi connectivity index (χ4v) is 2.94. The van der Waals surface area contributed by atoms with Gasteiger partial charge in [0, 0.05) is 23.5 Å². The molecule has 12 heteroatoms. The molecule has 12 nitrogen and oxygen atoms in total. The standard InChI is InChI=1S/C20H27N5O7/c1-10(27)17(21)19(30)23-8-16(28)24-14(18(29)25-15(9-26)20(31)32)6-11-7-22-13-5-3-2-4-12(11)13/h2-5,7,10,14-15,17,22,26-27H,6,8-9,21H2,1H3,(H,23,30)(H,24,28)(H,25,29)(H,31,32). The van der Waals surface area contributed by atoms with Crippen LogP contribution in [-0.4, -0.2) is 81.4 Å². The van der Waals surface area contributed by atoms with Crippen LogP contribution in [0.1, 0.15) is 12.5 Å². The highest BCUT2D eigenvalue weighted by Gasteiger charge is 2.27. The number of benzene rings is 1. The van der Waals surface area contributed by atoms with Gasteiger partial charge < -0.3 is 42.0 Å². The maximum atomic E-state index is 12.7. The van der Waals surface area contributed by atoms with Crippen molar-refractivity contribution in [2.75, 3.05) is 13.2 Å². The number of aromatic nitrogens is 1. The van der Waals surface area contributed by atoms with Gasteiger partial charge in [-0.1, -0.05) is 18.2 Å². The largest absolute Gasteiger partial charge is 0.480 e. The molecule has 0 radical (unpaired) electrons. The van der Waals surface area contributed by atoms with Crippen molar-refractivity contribution in [1.29, 1.82) is 0 Å². The van der Waals surface area contributed by atoms with Gasteiger partial charge in [-0.05, 0) is 18.6 Å². The molecule has 2 aromatic rings. The average molecular weight is 449 g/mol. The number of aliphatic hydroxyl groups excluding tert-OH is 2. The summed E-state index contributed by atoms with van der Waals surface area (Å²) in [6.07, 6.45) is 0.562. The van der Waals surface area contributed by atoms with Gasteiger partial charge in [-0.25, -0.2) is 4.79 Å². The van der Waals surface area contributed by atoms with Crippen molar-refractivity contribution < 1.29 is 34.5 Å². The predicted octanol–water partition coefficient (Wildman–Crippen LogP) is -2.42. The molecule has 0 aliphatic heterocycles. The molecule has 2 rings (SSSR count). The molecular weight excluding hydrogens is 422 g/mol. The Morgan fingerprint density at radius 1 is 1.09 bits per heavy atom. The van der Waals surface area contributed by atoms with E-state index in [-0.39, 0.29) is 6.42 Å². The molecule has 0 saturated carbocycles. The molecule has 4 atom stereocenters. The number of aliphatic carboxylic acids is 1. The number of aromatic amines is 1. The Morgan fingerprint density at radius 2 is 1.78 bits per heavy atom. The van der Waals surface area contributed by atoms with Crippen molar-refractivity contribution in [1.82, 2.24) is 20.9 Å². The van der Waals surface area contributed by atoms with Crippen molar-refractivity contribution in [3.8, 4) is 0 Å². The zero-order valence-electron chi connectivity index (χ0n) is 17.4. The van der Waals surface area contributed by atoms with Crippen molar-refractivity contribution in [2.24, 2.45) is 5.73 Å². The zero-order chi connectivity index (χ0) is 23.8. The smallest absolute Gasteiger partial charge is 0.328 e. The molecule has 0 saturated heterocycles. The number of H-pyrrole nitrogens is 1. The van der Waals surface area contributed by atoms with Gasteiger partial charge in [0.1, 0.15) is 18.1 Å². The lowest BCUT2D eigenvalue weighted by Gasteiger charge is -2.21. The molecule has 0 fully saturated rings. The Hall–Kier alpha value is -3.48. The molecule has 32 heavy (non-hydrogen) atoms. The second kappa shape index (κ2) is 11.2. The van der Waals surface area contributed by atoms with Crippen molar-refractivity contribution in [2.45, 2.75) is 37.6 Å². The van der Waals surface area contributed by atoms with Crippen LogP contribution < -0.4 is 21.7 Å². The second-order valence-electron chi connectivity index (χ2n) is 7.25. The molecule has 0 spiro atoms. The second-order valence-corrected chi connectivity index (χ2v) is 7.25. The minimum absolute atomic E-state index is 0.0144. The van der Waals surface area contributed by atoms with Gasteiger partial charge in [-0.3, -0.25) is 14.4 Å². The van der Waals surface area contributed by atoms with Gasteiger partial charge in [0.2, 0.25) is 17.7 Å². The summed E-state index contributed by atoms with van der Waals surface area (Å²) < 4.78 is 0. The monoisotopic (exact) mass is 449 g/mol. The number of carbonyl (C=O) groups excluding carboxylic acids is 3. The quantitative estimate of drug-likeness (QED) is 0.185. The third-order valence-corrected chi connectivity index (χ3v) is 4.79. The molecule has 0 bridgehead atoms. The summed E-state index contributed by atoms with van der Waals surface area (Å²) in [7, 11) is 0. The van der Waals surface area contributed by atoms with Crippen LogP contribution >= 0.6 is 0 Å². The highest BCUT2D eigenvalue weighted by Crippen LogP contribution is 2.19. The van der Waals surface area contributed by atoms with Gasteiger partial charge in [-0.15, -0.1) is 0 Å². The van der Waals surface area contributed by atoms with Gasteiger partial charge in [-0.2, -0.15) is 0 Å². The zero-order valence-corrected chi connectivity index (χ0v) is 17.4. The number of hydrogen-bond acceptors (Lipinski definition) is 7. The first kappa shape index (κ1) is 24.8. The van der Waals surface area contributed by atoms with Crippen LogP contribution in [0.3, 0.4) is 0 Å². The van der Waals surface area contributed by atoms with Crippen LogP contribution in [0.25, 0.3) is 10.9 Å². The first-order chi connectivity index (χ1) is 15.1. The Morgan fingerprint density at radius 3 is 2.41 bits per heavy atom. The lowest BCUT2D eigenvalue weighted by Crippen LogP contribution is -2.55. The number of para-hydroxylation sites is 1. The van der Waals surface area contributed by atoms with Gasteiger partial charge in [0.25, 0.3) is 0 Å². The molecule has 3 amide bonds. The molecule has 0 aliphatic carbocycles. The number of aliphatic hydroxyl groups is 2. The maximum Gasteiger partial charge on any atom is 0.328 e. The average Bonchev–Trinajstić information content (AvgIpc) is 3.17. The summed E-state index contributed by atoms with van der Waals surface area (Å²) in [6.45, 7) is -0.0205. The topological polar surface area (TPSA) is 207 Å². The van der Waals surface area contributed by atoms with Crippen LogP contribution in [0.2, 0.25) is 0 Å². The van der Waals surface area contributed by atoms with Crippen LogP contribution in [-0.2, 0) is 25.6 Å². The minimum Gasteiger partial charge on any atom is -0.480 e. The number of carbonyl (C=O) groups is 4. The van der Waals surface area contributed by atoms with Gasteiger partial charge >= 0.3 is 5.97 Å². The number of fused-ring (bicyclic) bond motifs is 1. The summed E-state index contributed by atoms with van der Waals surface area (Å²) in [5, 5.41) is 35.3. The number of rotatable bonds is 11. The highest BCUT2D eigenvalue weighted by atomic mass is 16.4. The van der Waals surface area contributed by atoms with Gasteiger partial charge in [0.15, 0.2) is 0 Å². The minimum atomic E-state index is -1.55. The van der Waals surface area contributed by atoms with Crippen LogP contribution in [0.4, 0.5) is 0 Å². The fraction of sp³-hybridized carbons (Fsp3) is 0.400.